The van der Waals surface area contributed by atoms with Gasteiger partial charge < -0.3 is 14.8 Å². The molecule has 26 heavy (non-hydrogen) atoms. The number of carbonyl (C=O) groups is 1. The standard InChI is InChI=1S/C19H18ClF2NO3/c20-17-11-15(26-16-9-13(21)8-14(22)10-16)3-4-18(17)25-6-5-23-19(24)7-12-1-2-12/h3-4,8-12H,1-2,5-7H2,(H,23,24). The van der Waals surface area contributed by atoms with Gasteiger partial charge in [0.1, 0.15) is 35.5 Å². The molecule has 7 heteroatoms. The van der Waals surface area contributed by atoms with Crippen LogP contribution in [-0.4, -0.2) is 19.1 Å². The van der Waals surface area contributed by atoms with Gasteiger partial charge >= 0.3 is 0 Å². The van der Waals surface area contributed by atoms with Crippen molar-refractivity contribution >= 4 is 17.5 Å². The highest BCUT2D eigenvalue weighted by Crippen LogP contribution is 2.32. The van der Waals surface area contributed by atoms with E-state index in [2.05, 4.69) is 5.32 Å². The van der Waals surface area contributed by atoms with Crippen LogP contribution in [0.1, 0.15) is 19.3 Å². The fourth-order valence-electron chi connectivity index (χ4n) is 2.39. The van der Waals surface area contributed by atoms with Gasteiger partial charge in [-0.15, -0.1) is 0 Å². The Balaban J connectivity index is 1.49. The molecule has 1 fully saturated rings. The van der Waals surface area contributed by atoms with Gasteiger partial charge in [-0.1, -0.05) is 11.6 Å². The second-order valence-corrected chi connectivity index (χ2v) is 6.55. The van der Waals surface area contributed by atoms with Crippen molar-refractivity contribution < 1.29 is 23.0 Å². The van der Waals surface area contributed by atoms with Gasteiger partial charge in [0.25, 0.3) is 0 Å². The van der Waals surface area contributed by atoms with Gasteiger partial charge in [0, 0.05) is 30.7 Å². The van der Waals surface area contributed by atoms with Crippen molar-refractivity contribution in [2.75, 3.05) is 13.2 Å². The van der Waals surface area contributed by atoms with E-state index in [0.29, 0.717) is 35.4 Å². The first-order valence-electron chi connectivity index (χ1n) is 8.32. The average Bonchev–Trinajstić information content (AvgIpc) is 3.36. The lowest BCUT2D eigenvalue weighted by Gasteiger charge is -2.11. The minimum atomic E-state index is -0.727. The molecule has 2 aromatic carbocycles. The third-order valence-corrected chi connectivity index (χ3v) is 4.12. The topological polar surface area (TPSA) is 47.6 Å². The number of ether oxygens (including phenoxy) is 2. The summed E-state index contributed by atoms with van der Waals surface area (Å²) >= 11 is 6.14. The Labute approximate surface area is 155 Å². The van der Waals surface area contributed by atoms with Crippen LogP contribution in [0.5, 0.6) is 17.2 Å². The number of carbonyl (C=O) groups excluding carboxylic acids is 1. The summed E-state index contributed by atoms with van der Waals surface area (Å²) in [5.41, 5.74) is 0. The molecule has 0 aliphatic heterocycles. The summed E-state index contributed by atoms with van der Waals surface area (Å²) in [5, 5.41) is 3.09. The number of hydrogen-bond acceptors (Lipinski definition) is 3. The fraction of sp³-hybridized carbons (Fsp3) is 0.316. The molecule has 1 N–H and O–H groups in total. The van der Waals surface area contributed by atoms with Gasteiger partial charge in [-0.25, -0.2) is 8.78 Å². The highest BCUT2D eigenvalue weighted by molar-refractivity contribution is 6.32. The van der Waals surface area contributed by atoms with Crippen LogP contribution < -0.4 is 14.8 Å². The minimum Gasteiger partial charge on any atom is -0.490 e. The van der Waals surface area contributed by atoms with E-state index >= 15 is 0 Å². The Hall–Kier alpha value is -2.34. The van der Waals surface area contributed by atoms with E-state index in [0.717, 1.165) is 31.0 Å². The number of rotatable bonds is 8. The summed E-state index contributed by atoms with van der Waals surface area (Å²) in [6.07, 6.45) is 2.85. The average molecular weight is 382 g/mol. The SMILES string of the molecule is O=C(CC1CC1)NCCOc1ccc(Oc2cc(F)cc(F)c2)cc1Cl. The van der Waals surface area contributed by atoms with E-state index in [9.17, 15) is 13.6 Å². The van der Waals surface area contributed by atoms with Gasteiger partial charge in [-0.2, -0.15) is 0 Å². The molecule has 0 heterocycles. The monoisotopic (exact) mass is 381 g/mol. The molecule has 0 unspecified atom stereocenters. The van der Waals surface area contributed by atoms with Crippen LogP contribution in [0.25, 0.3) is 0 Å². The predicted octanol–water partition coefficient (Wildman–Crippen LogP) is 4.71. The number of halogens is 3. The summed E-state index contributed by atoms with van der Waals surface area (Å²) in [6, 6.07) is 7.58. The molecule has 0 spiro atoms. The summed E-state index contributed by atoms with van der Waals surface area (Å²) in [4.78, 5) is 11.6. The lowest BCUT2D eigenvalue weighted by Crippen LogP contribution is -2.28. The molecule has 0 saturated heterocycles. The summed E-state index contributed by atoms with van der Waals surface area (Å²) in [7, 11) is 0. The number of benzene rings is 2. The van der Waals surface area contributed by atoms with Crippen LogP contribution in [0.15, 0.2) is 36.4 Å². The normalized spacial score (nSPS) is 13.3. The Bertz CT molecular complexity index is 776. The number of amides is 1. The molecule has 0 aromatic heterocycles. The molecule has 1 saturated carbocycles. The zero-order valence-electron chi connectivity index (χ0n) is 13.9. The van der Waals surface area contributed by atoms with Crippen LogP contribution in [0, 0.1) is 17.6 Å². The molecule has 3 rings (SSSR count). The van der Waals surface area contributed by atoms with Crippen molar-refractivity contribution in [3.63, 3.8) is 0 Å². The Kier molecular flexibility index (Phi) is 5.93. The fourth-order valence-corrected chi connectivity index (χ4v) is 2.62. The molecular formula is C19H18ClF2NO3. The van der Waals surface area contributed by atoms with E-state index in [1.165, 1.54) is 6.07 Å². The van der Waals surface area contributed by atoms with Crippen LogP contribution in [0.3, 0.4) is 0 Å². The van der Waals surface area contributed by atoms with Gasteiger partial charge in [0.05, 0.1) is 11.6 Å². The largest absolute Gasteiger partial charge is 0.490 e. The molecule has 4 nitrogen and oxygen atoms in total. The third kappa shape index (κ3) is 5.59. The van der Waals surface area contributed by atoms with Gasteiger partial charge in [-0.05, 0) is 30.9 Å². The molecule has 2 aromatic rings. The van der Waals surface area contributed by atoms with Gasteiger partial charge in [-0.3, -0.25) is 4.79 Å². The number of hydrogen-bond donors (Lipinski definition) is 1. The molecule has 0 bridgehead atoms. The van der Waals surface area contributed by atoms with E-state index < -0.39 is 11.6 Å². The lowest BCUT2D eigenvalue weighted by molar-refractivity contribution is -0.121. The first kappa shape index (κ1) is 18.5. The number of nitrogens with one attached hydrogen (secondary N) is 1. The first-order chi connectivity index (χ1) is 12.5. The molecule has 1 aliphatic carbocycles. The van der Waals surface area contributed by atoms with E-state index in [-0.39, 0.29) is 18.3 Å². The van der Waals surface area contributed by atoms with Crippen LogP contribution in [-0.2, 0) is 4.79 Å². The quantitative estimate of drug-likeness (QED) is 0.674. The summed E-state index contributed by atoms with van der Waals surface area (Å²) in [6.45, 7) is 0.675. The Morgan fingerprint density at radius 1 is 1.12 bits per heavy atom. The first-order valence-corrected chi connectivity index (χ1v) is 8.70. The van der Waals surface area contributed by atoms with E-state index in [1.54, 1.807) is 12.1 Å². The maximum atomic E-state index is 13.2. The van der Waals surface area contributed by atoms with E-state index in [4.69, 9.17) is 21.1 Å². The van der Waals surface area contributed by atoms with Crippen molar-refractivity contribution in [1.29, 1.82) is 0 Å². The molecular weight excluding hydrogens is 364 g/mol. The minimum absolute atomic E-state index is 0.0330. The maximum Gasteiger partial charge on any atom is 0.220 e. The second-order valence-electron chi connectivity index (χ2n) is 6.15. The molecule has 0 atom stereocenters. The van der Waals surface area contributed by atoms with Gasteiger partial charge in [0.15, 0.2) is 0 Å². The smallest absolute Gasteiger partial charge is 0.220 e. The predicted molar refractivity (Wildman–Crippen MR) is 93.7 cm³/mol. The van der Waals surface area contributed by atoms with E-state index in [1.807, 2.05) is 0 Å². The Morgan fingerprint density at radius 3 is 2.50 bits per heavy atom. The summed E-state index contributed by atoms with van der Waals surface area (Å²) in [5.74, 6) is -0.0844. The maximum absolute atomic E-state index is 13.2. The zero-order chi connectivity index (χ0) is 18.5. The van der Waals surface area contributed by atoms with Crippen molar-refractivity contribution in [3.8, 4) is 17.2 Å². The van der Waals surface area contributed by atoms with Crippen LogP contribution in [0.2, 0.25) is 5.02 Å². The highest BCUT2D eigenvalue weighted by Gasteiger charge is 2.23. The third-order valence-electron chi connectivity index (χ3n) is 3.83. The Morgan fingerprint density at radius 2 is 1.85 bits per heavy atom. The molecule has 1 aliphatic rings. The molecule has 1 amide bonds. The summed E-state index contributed by atoms with van der Waals surface area (Å²) < 4.78 is 37.3. The molecule has 138 valence electrons. The zero-order valence-corrected chi connectivity index (χ0v) is 14.7. The van der Waals surface area contributed by atoms with Crippen LogP contribution in [0.4, 0.5) is 8.78 Å². The lowest BCUT2D eigenvalue weighted by atomic mass is 10.3. The highest BCUT2D eigenvalue weighted by atomic mass is 35.5. The van der Waals surface area contributed by atoms with Crippen LogP contribution >= 0.6 is 11.6 Å². The van der Waals surface area contributed by atoms with Crippen molar-refractivity contribution in [3.05, 3.63) is 53.1 Å². The van der Waals surface area contributed by atoms with Crippen molar-refractivity contribution in [2.45, 2.75) is 19.3 Å². The van der Waals surface area contributed by atoms with Gasteiger partial charge in [0.2, 0.25) is 5.91 Å². The second kappa shape index (κ2) is 8.36. The van der Waals surface area contributed by atoms with Crippen molar-refractivity contribution in [2.24, 2.45) is 5.92 Å². The molecule has 0 radical (unpaired) electrons. The van der Waals surface area contributed by atoms with Crippen molar-refractivity contribution in [1.82, 2.24) is 5.32 Å².